The number of hydrogen-bond acceptors (Lipinski definition) is 7. The largest absolute Gasteiger partial charge is 0.495 e. The molecule has 5 atom stereocenters. The first-order valence-electron chi connectivity index (χ1n) is 11.3. The highest BCUT2D eigenvalue weighted by Gasteiger charge is 2.53. The summed E-state index contributed by atoms with van der Waals surface area (Å²) in [5, 5.41) is 17.0. The van der Waals surface area contributed by atoms with Crippen molar-refractivity contribution < 1.29 is 24.1 Å². The number of hydrogen-bond donors (Lipinski definition) is 3. The van der Waals surface area contributed by atoms with Gasteiger partial charge in [0.2, 0.25) is 0 Å². The van der Waals surface area contributed by atoms with E-state index >= 15 is 0 Å². The average molecular weight is 455 g/mol. The average Bonchev–Trinajstić information content (AvgIpc) is 3.28. The molecule has 3 aliphatic rings. The first-order chi connectivity index (χ1) is 16.1. The van der Waals surface area contributed by atoms with Crippen molar-refractivity contribution in [2.24, 2.45) is 0 Å². The van der Waals surface area contributed by atoms with Gasteiger partial charge < -0.3 is 34.9 Å². The number of carbonyl (C=O) groups excluding carboxylic acids is 1. The zero-order chi connectivity index (χ0) is 22.8. The van der Waals surface area contributed by atoms with Gasteiger partial charge in [-0.15, -0.1) is 0 Å². The summed E-state index contributed by atoms with van der Waals surface area (Å²) in [6.45, 7) is 3.38. The number of ether oxygens (including phenoxy) is 3. The van der Waals surface area contributed by atoms with E-state index < -0.39 is 18.4 Å². The fourth-order valence-electron chi connectivity index (χ4n) is 4.96. The second-order valence-electron chi connectivity index (χ2n) is 8.54. The minimum atomic E-state index is -0.810. The molecule has 0 saturated carbocycles. The van der Waals surface area contributed by atoms with Crippen LogP contribution in [0.1, 0.15) is 0 Å². The summed E-state index contributed by atoms with van der Waals surface area (Å²) in [7, 11) is 1.68. The highest BCUT2D eigenvalue weighted by molar-refractivity contribution is 5.89. The molecule has 0 spiro atoms. The first kappa shape index (κ1) is 22.0. The fraction of sp³-hybridized carbons (Fsp3) is 0.458. The van der Waals surface area contributed by atoms with Crippen molar-refractivity contribution in [3.63, 3.8) is 0 Å². The summed E-state index contributed by atoms with van der Waals surface area (Å²) in [6.07, 6.45) is -1.69. The molecule has 3 saturated heterocycles. The number of fused-ring (bicyclic) bond motifs is 2. The van der Waals surface area contributed by atoms with Gasteiger partial charge in [0.05, 0.1) is 37.6 Å². The Balaban J connectivity index is 1.24. The molecule has 176 valence electrons. The third-order valence-corrected chi connectivity index (χ3v) is 6.62. The Hall–Kier alpha value is -2.85. The molecule has 5 rings (SSSR count). The Bertz CT molecular complexity index is 953. The zero-order valence-corrected chi connectivity index (χ0v) is 18.6. The van der Waals surface area contributed by atoms with Crippen molar-refractivity contribution in [3.05, 3.63) is 54.6 Å². The Morgan fingerprint density at radius 1 is 1.06 bits per heavy atom. The summed E-state index contributed by atoms with van der Waals surface area (Å²) in [4.78, 5) is 17.1. The molecular weight excluding hydrogens is 424 g/mol. The van der Waals surface area contributed by atoms with Crippen LogP contribution >= 0.6 is 0 Å². The van der Waals surface area contributed by atoms with Gasteiger partial charge in [0, 0.05) is 31.9 Å². The molecule has 2 aromatic rings. The maximum atomic E-state index is 12.6. The Morgan fingerprint density at radius 3 is 2.55 bits per heavy atom. The summed E-state index contributed by atoms with van der Waals surface area (Å²) in [6, 6.07) is 15.9. The van der Waals surface area contributed by atoms with Gasteiger partial charge in [-0.3, -0.25) is 4.90 Å². The number of para-hydroxylation sites is 3. The molecule has 0 aromatic heterocycles. The van der Waals surface area contributed by atoms with Crippen LogP contribution in [-0.2, 0) is 9.47 Å². The summed E-state index contributed by atoms with van der Waals surface area (Å²) in [5.74, 6) is 0.850. The lowest BCUT2D eigenvalue weighted by Crippen LogP contribution is -2.67. The van der Waals surface area contributed by atoms with Crippen LogP contribution in [0.3, 0.4) is 0 Å². The van der Waals surface area contributed by atoms with Crippen LogP contribution in [0, 0.1) is 0 Å². The number of aliphatic hydroxyl groups excluding tert-OH is 1. The monoisotopic (exact) mass is 454 g/mol. The van der Waals surface area contributed by atoms with Crippen LogP contribution in [0.4, 0.5) is 16.2 Å². The smallest absolute Gasteiger partial charge is 0.319 e. The van der Waals surface area contributed by atoms with Crippen molar-refractivity contribution >= 4 is 17.4 Å². The van der Waals surface area contributed by atoms with Crippen LogP contribution in [0.25, 0.3) is 0 Å². The predicted molar refractivity (Wildman–Crippen MR) is 124 cm³/mol. The number of methoxy groups -OCH3 is 1. The number of anilines is 2. The number of nitrogens with zero attached hydrogens (tertiary/aromatic N) is 2. The lowest BCUT2D eigenvalue weighted by Gasteiger charge is -2.47. The quantitative estimate of drug-likeness (QED) is 0.630. The predicted octanol–water partition coefficient (Wildman–Crippen LogP) is 1.49. The molecule has 3 aliphatic heterocycles. The van der Waals surface area contributed by atoms with E-state index in [1.54, 1.807) is 7.11 Å². The van der Waals surface area contributed by atoms with Crippen LogP contribution < -0.4 is 20.3 Å². The first-order valence-corrected chi connectivity index (χ1v) is 11.3. The Labute approximate surface area is 193 Å². The van der Waals surface area contributed by atoms with E-state index in [1.807, 2.05) is 48.5 Å². The van der Waals surface area contributed by atoms with Gasteiger partial charge in [0.25, 0.3) is 0 Å². The fourth-order valence-corrected chi connectivity index (χ4v) is 4.96. The maximum Gasteiger partial charge on any atom is 0.319 e. The Kier molecular flexibility index (Phi) is 6.37. The minimum Gasteiger partial charge on any atom is -0.495 e. The lowest BCUT2D eigenvalue weighted by atomic mass is 9.94. The van der Waals surface area contributed by atoms with Crippen LogP contribution in [0.5, 0.6) is 5.75 Å². The van der Waals surface area contributed by atoms with Gasteiger partial charge in [-0.25, -0.2) is 4.79 Å². The molecule has 0 radical (unpaired) electrons. The number of nitrogens with one attached hydrogen (secondary N) is 2. The molecule has 2 bridgehead atoms. The summed E-state index contributed by atoms with van der Waals surface area (Å²) < 4.78 is 17.4. The second kappa shape index (κ2) is 9.56. The minimum absolute atomic E-state index is 0.343. The van der Waals surface area contributed by atoms with Crippen molar-refractivity contribution in [1.29, 1.82) is 0 Å². The number of amides is 2. The molecule has 2 aromatic carbocycles. The van der Waals surface area contributed by atoms with Crippen molar-refractivity contribution in [1.82, 2.24) is 10.2 Å². The van der Waals surface area contributed by atoms with E-state index in [0.717, 1.165) is 37.6 Å². The number of rotatable bonds is 5. The van der Waals surface area contributed by atoms with Gasteiger partial charge in [-0.2, -0.15) is 0 Å². The molecule has 3 fully saturated rings. The highest BCUT2D eigenvalue weighted by Crippen LogP contribution is 2.33. The third-order valence-electron chi connectivity index (χ3n) is 6.62. The molecule has 3 heterocycles. The number of urea groups is 1. The van der Waals surface area contributed by atoms with E-state index in [-0.39, 0.29) is 18.2 Å². The molecule has 9 nitrogen and oxygen atoms in total. The van der Waals surface area contributed by atoms with E-state index in [9.17, 15) is 9.90 Å². The van der Waals surface area contributed by atoms with E-state index in [4.69, 9.17) is 14.2 Å². The summed E-state index contributed by atoms with van der Waals surface area (Å²) in [5.41, 5.74) is 1.75. The topological polar surface area (TPSA) is 95.5 Å². The van der Waals surface area contributed by atoms with E-state index in [2.05, 4.69) is 26.5 Å². The van der Waals surface area contributed by atoms with Crippen LogP contribution in [0.15, 0.2) is 54.6 Å². The highest BCUT2D eigenvalue weighted by atomic mass is 16.7. The van der Waals surface area contributed by atoms with Crippen molar-refractivity contribution in [3.8, 4) is 5.75 Å². The van der Waals surface area contributed by atoms with Crippen LogP contribution in [0.2, 0.25) is 0 Å². The molecule has 3 N–H and O–H groups in total. The van der Waals surface area contributed by atoms with E-state index in [0.29, 0.717) is 12.3 Å². The van der Waals surface area contributed by atoms with Gasteiger partial charge in [-0.05, 0) is 24.3 Å². The number of benzene rings is 2. The normalized spacial score (nSPS) is 29.5. The Morgan fingerprint density at radius 2 is 1.79 bits per heavy atom. The van der Waals surface area contributed by atoms with Gasteiger partial charge in [-0.1, -0.05) is 30.3 Å². The van der Waals surface area contributed by atoms with Gasteiger partial charge in [0.1, 0.15) is 11.9 Å². The molecule has 2 amide bonds. The molecule has 0 unspecified atom stereocenters. The number of aliphatic hydroxyl groups is 1. The van der Waals surface area contributed by atoms with Crippen LogP contribution in [-0.4, -0.2) is 86.5 Å². The van der Waals surface area contributed by atoms with Crippen molar-refractivity contribution in [2.45, 2.75) is 30.6 Å². The molecule has 9 heteroatoms. The maximum absolute atomic E-state index is 12.6. The lowest BCUT2D eigenvalue weighted by molar-refractivity contribution is -0.181. The van der Waals surface area contributed by atoms with Crippen molar-refractivity contribution in [2.75, 3.05) is 50.1 Å². The summed E-state index contributed by atoms with van der Waals surface area (Å²) >= 11 is 0. The molecular formula is C24H30N4O5. The van der Waals surface area contributed by atoms with Gasteiger partial charge >= 0.3 is 6.03 Å². The second-order valence-corrected chi connectivity index (χ2v) is 8.54. The standard InChI is InChI=1S/C24H30N4O5/c1-31-18-10-6-5-9-17(18)27-11-13-28(14-12-27)21-22(29)20(19-15-32-23(21)33-19)26-24(30)25-16-7-3-2-4-8-16/h2-10,19-23,29H,11-15H2,1H3,(H2,25,26,30)/t19-,20+,21-,22-,23+/m0/s1. The van der Waals surface area contributed by atoms with Gasteiger partial charge in [0.15, 0.2) is 6.29 Å². The number of piperazine rings is 1. The van der Waals surface area contributed by atoms with E-state index in [1.165, 1.54) is 0 Å². The molecule has 0 aliphatic carbocycles. The molecule has 33 heavy (non-hydrogen) atoms. The zero-order valence-electron chi connectivity index (χ0n) is 18.6. The number of carbonyl (C=O) groups is 1. The third kappa shape index (κ3) is 4.49. The SMILES string of the molecule is COc1ccccc1N1CCN([C@@H]2[C@@H]3OC[C@H](O3)[C@@H](NC(=O)Nc3ccccc3)[C@@H]2O)CC1.